The van der Waals surface area contributed by atoms with Crippen LogP contribution in [0, 0.1) is 5.92 Å². The summed E-state index contributed by atoms with van der Waals surface area (Å²) < 4.78 is 5.33. The minimum atomic E-state index is 0.0437. The van der Waals surface area contributed by atoms with Crippen LogP contribution >= 0.6 is 0 Å². The quantitative estimate of drug-likeness (QED) is 0.798. The van der Waals surface area contributed by atoms with Crippen LogP contribution in [0.25, 0.3) is 0 Å². The van der Waals surface area contributed by atoms with Gasteiger partial charge in [0.1, 0.15) is 0 Å². The summed E-state index contributed by atoms with van der Waals surface area (Å²) in [6.07, 6.45) is 9.47. The Morgan fingerprint density at radius 1 is 1.00 bits per heavy atom. The molecule has 4 heteroatoms. The first-order valence-electron chi connectivity index (χ1n) is 7.97. The van der Waals surface area contributed by atoms with Gasteiger partial charge in [0.05, 0.1) is 6.04 Å². The molecule has 3 fully saturated rings. The van der Waals surface area contributed by atoms with Crippen molar-refractivity contribution in [3.8, 4) is 0 Å². The lowest BCUT2D eigenvalue weighted by atomic mass is 9.77. The number of carbonyl (C=O) groups is 1. The van der Waals surface area contributed by atoms with Gasteiger partial charge in [0.15, 0.2) is 0 Å². The highest BCUT2D eigenvalue weighted by Gasteiger charge is 2.34. The van der Waals surface area contributed by atoms with E-state index in [-0.39, 0.29) is 11.9 Å². The maximum atomic E-state index is 12.3. The highest BCUT2D eigenvalue weighted by atomic mass is 16.5. The molecule has 0 aromatic rings. The van der Waals surface area contributed by atoms with Gasteiger partial charge in [-0.1, -0.05) is 12.8 Å². The van der Waals surface area contributed by atoms with Gasteiger partial charge in [0.25, 0.3) is 0 Å². The highest BCUT2D eigenvalue weighted by molar-refractivity contribution is 5.82. The van der Waals surface area contributed by atoms with Crippen molar-refractivity contribution in [1.82, 2.24) is 10.6 Å². The number of rotatable bonds is 2. The molecule has 3 rings (SSSR count). The maximum Gasteiger partial charge on any atom is 0.237 e. The monoisotopic (exact) mass is 266 g/mol. The number of hydrogen-bond donors (Lipinski definition) is 2. The van der Waals surface area contributed by atoms with E-state index in [1.807, 2.05) is 0 Å². The van der Waals surface area contributed by atoms with Gasteiger partial charge in [-0.3, -0.25) is 4.79 Å². The zero-order valence-electron chi connectivity index (χ0n) is 11.7. The summed E-state index contributed by atoms with van der Waals surface area (Å²) in [5, 5.41) is 6.80. The number of amides is 1. The Morgan fingerprint density at radius 2 is 1.79 bits per heavy atom. The molecular formula is C15H26N2O2. The minimum absolute atomic E-state index is 0.0437. The molecule has 2 heterocycles. The number of hydrogen-bond acceptors (Lipinski definition) is 3. The predicted molar refractivity (Wildman–Crippen MR) is 73.9 cm³/mol. The topological polar surface area (TPSA) is 50.4 Å². The standard InChI is InChI=1S/C15H26N2O2/c18-15(16-12-7-9-19-10-8-12)14-6-5-11-3-1-2-4-13(11)17-14/h11-14,17H,1-10H2,(H,16,18). The summed E-state index contributed by atoms with van der Waals surface area (Å²) >= 11 is 0. The van der Waals surface area contributed by atoms with E-state index in [9.17, 15) is 4.79 Å². The van der Waals surface area contributed by atoms with Crippen LogP contribution in [-0.2, 0) is 9.53 Å². The zero-order valence-corrected chi connectivity index (χ0v) is 11.7. The van der Waals surface area contributed by atoms with E-state index in [1.165, 1.54) is 32.1 Å². The Morgan fingerprint density at radius 3 is 2.63 bits per heavy atom. The summed E-state index contributed by atoms with van der Waals surface area (Å²) in [5.41, 5.74) is 0. The number of nitrogens with one attached hydrogen (secondary N) is 2. The van der Waals surface area contributed by atoms with Crippen LogP contribution in [0.2, 0.25) is 0 Å². The number of ether oxygens (including phenoxy) is 1. The molecule has 3 aliphatic rings. The van der Waals surface area contributed by atoms with Crippen molar-refractivity contribution in [2.24, 2.45) is 5.92 Å². The molecule has 4 nitrogen and oxygen atoms in total. The summed E-state index contributed by atoms with van der Waals surface area (Å²) in [4.78, 5) is 12.3. The molecule has 1 amide bonds. The lowest BCUT2D eigenvalue weighted by Gasteiger charge is -2.40. The predicted octanol–water partition coefficient (Wildman–Crippen LogP) is 1.59. The Labute approximate surface area is 115 Å². The fourth-order valence-corrected chi connectivity index (χ4v) is 3.85. The molecule has 2 aliphatic heterocycles. The van der Waals surface area contributed by atoms with Crippen molar-refractivity contribution in [3.05, 3.63) is 0 Å². The third-order valence-electron chi connectivity index (χ3n) is 5.03. The Balaban J connectivity index is 1.49. The Hall–Kier alpha value is -0.610. The van der Waals surface area contributed by atoms with E-state index >= 15 is 0 Å². The SMILES string of the molecule is O=C(NC1CCOCC1)C1CCC2CCCCC2N1. The first kappa shape index (κ1) is 13.4. The molecule has 0 bridgehead atoms. The van der Waals surface area contributed by atoms with Gasteiger partial charge in [-0.25, -0.2) is 0 Å². The second-order valence-corrected chi connectivity index (χ2v) is 6.34. The van der Waals surface area contributed by atoms with Crippen LogP contribution in [0.5, 0.6) is 0 Å². The third-order valence-corrected chi connectivity index (χ3v) is 5.03. The van der Waals surface area contributed by atoms with Crippen molar-refractivity contribution in [1.29, 1.82) is 0 Å². The molecule has 0 aromatic heterocycles. The molecule has 3 unspecified atom stereocenters. The summed E-state index contributed by atoms with van der Waals surface area (Å²) in [7, 11) is 0. The van der Waals surface area contributed by atoms with Crippen LogP contribution < -0.4 is 10.6 Å². The first-order chi connectivity index (χ1) is 9.33. The molecule has 0 spiro atoms. The third kappa shape index (κ3) is 3.29. The van der Waals surface area contributed by atoms with Crippen LogP contribution in [-0.4, -0.2) is 37.2 Å². The van der Waals surface area contributed by atoms with Gasteiger partial charge in [-0.15, -0.1) is 0 Å². The number of carbonyl (C=O) groups excluding carboxylic acids is 1. The van der Waals surface area contributed by atoms with E-state index in [0.29, 0.717) is 12.1 Å². The fourth-order valence-electron chi connectivity index (χ4n) is 3.85. The fraction of sp³-hybridized carbons (Fsp3) is 0.933. The van der Waals surface area contributed by atoms with Gasteiger partial charge in [-0.2, -0.15) is 0 Å². The zero-order chi connectivity index (χ0) is 13.1. The maximum absolute atomic E-state index is 12.3. The average molecular weight is 266 g/mol. The molecular weight excluding hydrogens is 240 g/mol. The Bertz CT molecular complexity index is 315. The minimum Gasteiger partial charge on any atom is -0.381 e. The van der Waals surface area contributed by atoms with Gasteiger partial charge < -0.3 is 15.4 Å². The highest BCUT2D eigenvalue weighted by Crippen LogP contribution is 2.32. The van der Waals surface area contributed by atoms with E-state index in [2.05, 4.69) is 10.6 Å². The number of fused-ring (bicyclic) bond motifs is 1. The van der Waals surface area contributed by atoms with Crippen molar-refractivity contribution in [2.75, 3.05) is 13.2 Å². The first-order valence-corrected chi connectivity index (χ1v) is 7.97. The van der Waals surface area contributed by atoms with E-state index in [0.717, 1.165) is 38.4 Å². The molecule has 1 aliphatic carbocycles. The van der Waals surface area contributed by atoms with E-state index < -0.39 is 0 Å². The second kappa shape index (κ2) is 6.23. The summed E-state index contributed by atoms with van der Waals surface area (Å²) in [6.45, 7) is 1.57. The average Bonchev–Trinajstić information content (AvgIpc) is 2.48. The molecule has 0 radical (unpaired) electrons. The lowest BCUT2D eigenvalue weighted by molar-refractivity contribution is -0.125. The number of piperidine rings is 1. The molecule has 1 saturated carbocycles. The van der Waals surface area contributed by atoms with Crippen molar-refractivity contribution in [2.45, 2.75) is 69.5 Å². The molecule has 108 valence electrons. The van der Waals surface area contributed by atoms with Gasteiger partial charge in [0.2, 0.25) is 5.91 Å². The van der Waals surface area contributed by atoms with Crippen LogP contribution in [0.15, 0.2) is 0 Å². The molecule has 0 aromatic carbocycles. The van der Waals surface area contributed by atoms with E-state index in [4.69, 9.17) is 4.74 Å². The summed E-state index contributed by atoms with van der Waals surface area (Å²) in [6, 6.07) is 0.960. The Kier molecular flexibility index (Phi) is 4.38. The summed E-state index contributed by atoms with van der Waals surface area (Å²) in [5.74, 6) is 1.04. The molecule has 2 N–H and O–H groups in total. The van der Waals surface area contributed by atoms with Crippen LogP contribution in [0.4, 0.5) is 0 Å². The van der Waals surface area contributed by atoms with Crippen molar-refractivity contribution < 1.29 is 9.53 Å². The van der Waals surface area contributed by atoms with Crippen molar-refractivity contribution >= 4 is 5.91 Å². The van der Waals surface area contributed by atoms with Gasteiger partial charge >= 0.3 is 0 Å². The van der Waals surface area contributed by atoms with Crippen LogP contribution in [0.1, 0.15) is 51.4 Å². The van der Waals surface area contributed by atoms with Gasteiger partial charge in [0, 0.05) is 25.3 Å². The van der Waals surface area contributed by atoms with E-state index in [1.54, 1.807) is 0 Å². The largest absolute Gasteiger partial charge is 0.381 e. The second-order valence-electron chi connectivity index (χ2n) is 6.34. The smallest absolute Gasteiger partial charge is 0.237 e. The lowest BCUT2D eigenvalue weighted by Crippen LogP contribution is -2.56. The van der Waals surface area contributed by atoms with Crippen LogP contribution in [0.3, 0.4) is 0 Å². The molecule has 3 atom stereocenters. The molecule has 2 saturated heterocycles. The normalized spacial score (nSPS) is 36.5. The molecule has 19 heavy (non-hydrogen) atoms. The van der Waals surface area contributed by atoms with Crippen molar-refractivity contribution in [3.63, 3.8) is 0 Å². The van der Waals surface area contributed by atoms with Gasteiger partial charge in [-0.05, 0) is 44.4 Å².